The van der Waals surface area contributed by atoms with Crippen molar-refractivity contribution in [3.8, 4) is 0 Å². The van der Waals surface area contributed by atoms with Crippen molar-refractivity contribution >= 4 is 21.4 Å². The predicted octanol–water partition coefficient (Wildman–Crippen LogP) is 3.48. The van der Waals surface area contributed by atoms with Crippen LogP contribution in [0.2, 0.25) is 0 Å². The van der Waals surface area contributed by atoms with Crippen LogP contribution in [0.1, 0.15) is 24.8 Å². The molecule has 2 saturated heterocycles. The molecule has 20 heavy (non-hydrogen) atoms. The number of nitrogens with zero attached hydrogens (tertiary/aromatic N) is 1. The van der Waals surface area contributed by atoms with Gasteiger partial charge in [0.2, 0.25) is 0 Å². The van der Waals surface area contributed by atoms with Crippen LogP contribution >= 0.6 is 11.3 Å². The number of hydrogen-bond donors (Lipinski definition) is 1. The number of fused-ring (bicyclic) bond motifs is 1. The normalized spacial score (nSPS) is 22.8. The molecule has 2 nitrogen and oxygen atoms in total. The maximum absolute atomic E-state index is 3.50. The van der Waals surface area contributed by atoms with E-state index >= 15 is 0 Å². The van der Waals surface area contributed by atoms with E-state index in [9.17, 15) is 0 Å². The summed E-state index contributed by atoms with van der Waals surface area (Å²) in [5, 5.41) is 7.32. The molecule has 0 unspecified atom stereocenters. The summed E-state index contributed by atoms with van der Waals surface area (Å²) in [4.78, 5) is 2.68. The Morgan fingerprint density at radius 3 is 2.90 bits per heavy atom. The number of nitrogens with one attached hydrogen (secondary N) is 1. The second-order valence-corrected chi connectivity index (χ2v) is 7.38. The highest BCUT2D eigenvalue weighted by atomic mass is 32.1. The van der Waals surface area contributed by atoms with Gasteiger partial charge in [0, 0.05) is 17.8 Å². The van der Waals surface area contributed by atoms with Crippen LogP contribution < -0.4 is 5.32 Å². The van der Waals surface area contributed by atoms with Gasteiger partial charge in [0.05, 0.1) is 0 Å². The Morgan fingerprint density at radius 2 is 2.00 bits per heavy atom. The molecule has 3 heteroatoms. The van der Waals surface area contributed by atoms with Crippen molar-refractivity contribution in [1.82, 2.24) is 10.2 Å². The molecule has 2 aliphatic heterocycles. The van der Waals surface area contributed by atoms with Gasteiger partial charge in [-0.25, -0.2) is 0 Å². The highest BCUT2D eigenvalue weighted by molar-refractivity contribution is 7.17. The number of rotatable bonds is 2. The zero-order valence-electron chi connectivity index (χ0n) is 11.9. The zero-order chi connectivity index (χ0) is 13.4. The number of benzene rings is 1. The van der Waals surface area contributed by atoms with Gasteiger partial charge in [-0.05, 0) is 66.7 Å². The van der Waals surface area contributed by atoms with E-state index in [1.54, 1.807) is 0 Å². The molecule has 0 amide bonds. The molecule has 1 aromatic heterocycles. The molecule has 0 aliphatic carbocycles. The maximum atomic E-state index is 3.50. The predicted molar refractivity (Wildman–Crippen MR) is 86.3 cm³/mol. The third-order valence-corrected chi connectivity index (χ3v) is 6.15. The molecule has 2 aliphatic rings. The van der Waals surface area contributed by atoms with E-state index < -0.39 is 0 Å². The summed E-state index contributed by atoms with van der Waals surface area (Å²) in [7, 11) is 0. The van der Waals surface area contributed by atoms with Gasteiger partial charge < -0.3 is 5.32 Å². The van der Waals surface area contributed by atoms with E-state index in [0.29, 0.717) is 5.41 Å². The molecule has 2 aromatic rings. The molecule has 4 rings (SSSR count). The topological polar surface area (TPSA) is 15.3 Å². The lowest BCUT2D eigenvalue weighted by molar-refractivity contribution is 0.194. The van der Waals surface area contributed by atoms with Crippen LogP contribution in [0.5, 0.6) is 0 Å². The molecule has 0 atom stereocenters. The first kappa shape index (κ1) is 12.8. The number of piperidine rings is 1. The van der Waals surface area contributed by atoms with E-state index in [1.165, 1.54) is 61.1 Å². The second-order valence-electron chi connectivity index (χ2n) is 6.47. The van der Waals surface area contributed by atoms with Crippen LogP contribution in [0, 0.1) is 5.41 Å². The van der Waals surface area contributed by atoms with Crippen LogP contribution in [0.3, 0.4) is 0 Å². The second kappa shape index (κ2) is 5.14. The van der Waals surface area contributed by atoms with Crippen molar-refractivity contribution in [1.29, 1.82) is 0 Å². The van der Waals surface area contributed by atoms with Crippen LogP contribution in [0.4, 0.5) is 0 Å². The Labute approximate surface area is 124 Å². The van der Waals surface area contributed by atoms with E-state index in [4.69, 9.17) is 0 Å². The van der Waals surface area contributed by atoms with Gasteiger partial charge in [-0.15, -0.1) is 11.3 Å². The minimum atomic E-state index is 0.622. The lowest BCUT2D eigenvalue weighted by atomic mass is 9.78. The van der Waals surface area contributed by atoms with Crippen molar-refractivity contribution in [3.05, 3.63) is 35.2 Å². The van der Waals surface area contributed by atoms with E-state index in [0.717, 1.165) is 6.54 Å². The largest absolute Gasteiger partial charge is 0.317 e. The Balaban J connectivity index is 1.50. The molecule has 1 aromatic carbocycles. The van der Waals surface area contributed by atoms with Crippen molar-refractivity contribution in [2.75, 3.05) is 26.2 Å². The van der Waals surface area contributed by atoms with E-state index in [-0.39, 0.29) is 0 Å². The molecule has 1 N–H and O–H groups in total. The van der Waals surface area contributed by atoms with Gasteiger partial charge in [0.15, 0.2) is 0 Å². The van der Waals surface area contributed by atoms with Crippen molar-refractivity contribution in [2.24, 2.45) is 5.41 Å². The molecule has 0 saturated carbocycles. The van der Waals surface area contributed by atoms with Crippen molar-refractivity contribution < 1.29 is 0 Å². The Bertz CT molecular complexity index is 598. The lowest BCUT2D eigenvalue weighted by Crippen LogP contribution is -2.38. The Hall–Kier alpha value is -0.900. The highest BCUT2D eigenvalue weighted by Crippen LogP contribution is 2.39. The first-order valence-electron chi connectivity index (χ1n) is 7.73. The molecule has 0 radical (unpaired) electrons. The number of hydrogen-bond acceptors (Lipinski definition) is 3. The van der Waals surface area contributed by atoms with Crippen molar-refractivity contribution in [3.63, 3.8) is 0 Å². The van der Waals surface area contributed by atoms with Gasteiger partial charge in [-0.2, -0.15) is 0 Å². The monoisotopic (exact) mass is 286 g/mol. The first-order chi connectivity index (χ1) is 9.85. The van der Waals surface area contributed by atoms with E-state index in [2.05, 4.69) is 39.9 Å². The number of likely N-dealkylation sites (tertiary alicyclic amines) is 1. The minimum absolute atomic E-state index is 0.622. The average Bonchev–Trinajstić information content (AvgIpc) is 3.06. The summed E-state index contributed by atoms with van der Waals surface area (Å²) in [6.45, 7) is 6.16. The molecular weight excluding hydrogens is 264 g/mol. The molecule has 1 spiro atoms. The van der Waals surface area contributed by atoms with Crippen molar-refractivity contribution in [2.45, 2.75) is 25.8 Å². The van der Waals surface area contributed by atoms with E-state index in [1.807, 2.05) is 11.3 Å². The van der Waals surface area contributed by atoms with Gasteiger partial charge in [0.1, 0.15) is 0 Å². The van der Waals surface area contributed by atoms with Gasteiger partial charge in [0.25, 0.3) is 0 Å². The summed E-state index contributed by atoms with van der Waals surface area (Å²) in [5.41, 5.74) is 2.15. The fourth-order valence-corrected chi connectivity index (χ4v) is 4.88. The Kier molecular flexibility index (Phi) is 3.29. The summed E-state index contributed by atoms with van der Waals surface area (Å²) >= 11 is 1.89. The highest BCUT2D eigenvalue weighted by Gasteiger charge is 2.38. The quantitative estimate of drug-likeness (QED) is 0.909. The Morgan fingerprint density at radius 1 is 1.15 bits per heavy atom. The lowest BCUT2D eigenvalue weighted by Gasteiger charge is -2.33. The van der Waals surface area contributed by atoms with Crippen LogP contribution in [0.15, 0.2) is 29.6 Å². The van der Waals surface area contributed by atoms with Gasteiger partial charge >= 0.3 is 0 Å². The van der Waals surface area contributed by atoms with Crippen LogP contribution in [0.25, 0.3) is 10.1 Å². The molecular formula is C17H22N2S. The summed E-state index contributed by atoms with van der Waals surface area (Å²) < 4.78 is 1.43. The van der Waals surface area contributed by atoms with Gasteiger partial charge in [-0.3, -0.25) is 4.90 Å². The summed E-state index contributed by atoms with van der Waals surface area (Å²) in [6.07, 6.45) is 4.14. The van der Waals surface area contributed by atoms with Crippen LogP contribution in [-0.4, -0.2) is 31.1 Å². The summed E-state index contributed by atoms with van der Waals surface area (Å²) in [6, 6.07) is 8.82. The molecule has 106 valence electrons. The van der Waals surface area contributed by atoms with Crippen LogP contribution in [-0.2, 0) is 6.54 Å². The third kappa shape index (κ3) is 2.28. The maximum Gasteiger partial charge on any atom is 0.0346 e. The zero-order valence-corrected chi connectivity index (χ0v) is 12.7. The number of thiophene rings is 1. The summed E-state index contributed by atoms with van der Waals surface area (Å²) in [5.74, 6) is 0. The van der Waals surface area contributed by atoms with Gasteiger partial charge in [-0.1, -0.05) is 18.2 Å². The standard InChI is InChI=1S/C17H22N2S/c1-2-4-16-15(3-1)14(12-20-16)11-19-10-7-17(13-19)5-8-18-9-6-17/h1-4,12,18H,5-11,13H2. The molecule has 2 fully saturated rings. The molecule has 3 heterocycles. The fourth-order valence-electron chi connectivity index (χ4n) is 3.92. The third-order valence-electron chi connectivity index (χ3n) is 5.14. The fraction of sp³-hybridized carbons (Fsp3) is 0.529. The average molecular weight is 286 g/mol. The first-order valence-corrected chi connectivity index (χ1v) is 8.61. The molecule has 0 bridgehead atoms. The minimum Gasteiger partial charge on any atom is -0.317 e. The smallest absolute Gasteiger partial charge is 0.0346 e. The SMILES string of the molecule is c1ccc2c(CN3CCC4(CCNCC4)C3)csc2c1.